The molecule has 0 aromatic heterocycles. The second kappa shape index (κ2) is 9.16. The smallest absolute Gasteiger partial charge is 0.227 e. The number of piperidine rings is 2. The number of fused-ring (bicyclic) bond motifs is 1. The Hall–Kier alpha value is -1.76. The molecule has 5 nitrogen and oxygen atoms in total. The first-order valence-corrected chi connectivity index (χ1v) is 10.4. The molecule has 1 aliphatic carbocycles. The van der Waals surface area contributed by atoms with Gasteiger partial charge in [0.25, 0.3) is 0 Å². The summed E-state index contributed by atoms with van der Waals surface area (Å²) in [6.07, 6.45) is 2.81. The number of allylic oxidation sites excluding steroid dienone is 3. The van der Waals surface area contributed by atoms with Crippen LogP contribution < -0.4 is 5.32 Å². The molecule has 2 heterocycles. The summed E-state index contributed by atoms with van der Waals surface area (Å²) in [4.78, 5) is 28.1. The lowest BCUT2D eigenvalue weighted by molar-refractivity contribution is -0.130. The summed E-state index contributed by atoms with van der Waals surface area (Å²) in [5, 5.41) is 3.09. The molecule has 2 unspecified atom stereocenters. The molecule has 28 heavy (non-hydrogen) atoms. The number of carbonyl (C=O) groups is 2. The van der Waals surface area contributed by atoms with Crippen molar-refractivity contribution in [2.45, 2.75) is 64.3 Å². The average Bonchev–Trinajstić information content (AvgIpc) is 2.66. The van der Waals surface area contributed by atoms with E-state index in [1.54, 1.807) is 4.90 Å². The number of amides is 2. The molecule has 0 aromatic rings. The van der Waals surface area contributed by atoms with Gasteiger partial charge in [-0.05, 0) is 50.0 Å². The van der Waals surface area contributed by atoms with Crippen molar-refractivity contribution in [3.05, 3.63) is 23.4 Å². The monoisotopic (exact) mass is 395 g/mol. The number of halogens is 2. The quantitative estimate of drug-likeness (QED) is 0.752. The van der Waals surface area contributed by atoms with E-state index in [0.717, 1.165) is 44.5 Å². The third-order valence-corrected chi connectivity index (χ3v) is 5.83. The first kappa shape index (κ1) is 21.0. The highest BCUT2D eigenvalue weighted by atomic mass is 19.2. The van der Waals surface area contributed by atoms with Crippen LogP contribution in [-0.2, 0) is 9.59 Å². The van der Waals surface area contributed by atoms with Gasteiger partial charge in [-0.25, -0.2) is 8.78 Å². The number of rotatable bonds is 6. The van der Waals surface area contributed by atoms with Crippen LogP contribution in [-0.4, -0.2) is 66.2 Å². The largest absolute Gasteiger partial charge is 0.353 e. The van der Waals surface area contributed by atoms with Crippen LogP contribution in [0.2, 0.25) is 0 Å². The molecular formula is C21H31F2N3O2. The van der Waals surface area contributed by atoms with Crippen molar-refractivity contribution >= 4 is 11.8 Å². The highest BCUT2D eigenvalue weighted by Crippen LogP contribution is 2.33. The number of carbonyl (C=O) groups excluding carboxylic acids is 2. The van der Waals surface area contributed by atoms with E-state index in [1.807, 2.05) is 13.8 Å². The van der Waals surface area contributed by atoms with Crippen LogP contribution in [0.5, 0.6) is 0 Å². The van der Waals surface area contributed by atoms with Crippen molar-refractivity contribution < 1.29 is 18.4 Å². The van der Waals surface area contributed by atoms with Gasteiger partial charge in [0.1, 0.15) is 0 Å². The fourth-order valence-corrected chi connectivity index (χ4v) is 4.07. The minimum Gasteiger partial charge on any atom is -0.353 e. The van der Waals surface area contributed by atoms with Crippen LogP contribution in [0.25, 0.3) is 0 Å². The van der Waals surface area contributed by atoms with Crippen LogP contribution in [0.3, 0.4) is 0 Å². The molecule has 2 saturated heterocycles. The zero-order chi connectivity index (χ0) is 20.3. The summed E-state index contributed by atoms with van der Waals surface area (Å²) in [5.41, 5.74) is 1.32. The van der Waals surface area contributed by atoms with Crippen molar-refractivity contribution in [3.8, 4) is 0 Å². The van der Waals surface area contributed by atoms with Gasteiger partial charge in [0.15, 0.2) is 12.3 Å². The Bertz CT molecular complexity index is 654. The Morgan fingerprint density at radius 1 is 1.14 bits per heavy atom. The van der Waals surface area contributed by atoms with Crippen molar-refractivity contribution in [3.63, 3.8) is 0 Å². The molecular weight excluding hydrogens is 364 g/mol. The predicted molar refractivity (Wildman–Crippen MR) is 104 cm³/mol. The average molecular weight is 395 g/mol. The van der Waals surface area contributed by atoms with Crippen LogP contribution >= 0.6 is 0 Å². The summed E-state index contributed by atoms with van der Waals surface area (Å²) in [6, 6.07) is 0.241. The van der Waals surface area contributed by atoms with Gasteiger partial charge in [0, 0.05) is 43.7 Å². The third-order valence-electron chi connectivity index (χ3n) is 5.83. The van der Waals surface area contributed by atoms with Crippen molar-refractivity contribution in [2.75, 3.05) is 26.2 Å². The van der Waals surface area contributed by atoms with Crippen LogP contribution in [0.1, 0.15) is 46.0 Å². The van der Waals surface area contributed by atoms with E-state index in [1.165, 1.54) is 12.2 Å². The maximum absolute atomic E-state index is 13.8. The van der Waals surface area contributed by atoms with Gasteiger partial charge in [-0.15, -0.1) is 0 Å². The number of likely N-dealkylation sites (tertiary alicyclic amines) is 2. The second-order valence-electron chi connectivity index (χ2n) is 8.31. The van der Waals surface area contributed by atoms with Gasteiger partial charge in [-0.3, -0.25) is 9.59 Å². The van der Waals surface area contributed by atoms with Crippen LogP contribution in [0, 0.1) is 5.92 Å². The Morgan fingerprint density at radius 2 is 1.82 bits per heavy atom. The lowest BCUT2D eigenvalue weighted by Gasteiger charge is -2.36. The fraction of sp³-hybridized carbons (Fsp3) is 0.714. The minimum atomic E-state index is -1.67. The highest BCUT2D eigenvalue weighted by Gasteiger charge is 2.33. The van der Waals surface area contributed by atoms with E-state index in [0.29, 0.717) is 25.1 Å². The fourth-order valence-electron chi connectivity index (χ4n) is 4.07. The van der Waals surface area contributed by atoms with E-state index < -0.39 is 12.3 Å². The molecule has 156 valence electrons. The Balaban J connectivity index is 1.45. The molecule has 1 N–H and O–H groups in total. The topological polar surface area (TPSA) is 52.7 Å². The molecule has 2 aliphatic heterocycles. The molecule has 3 aliphatic rings. The van der Waals surface area contributed by atoms with Crippen molar-refractivity contribution in [1.82, 2.24) is 15.1 Å². The molecule has 2 amide bonds. The summed E-state index contributed by atoms with van der Waals surface area (Å²) in [6.45, 7) is 7.00. The first-order chi connectivity index (χ1) is 13.3. The van der Waals surface area contributed by atoms with Gasteiger partial charge < -0.3 is 15.1 Å². The molecule has 2 fully saturated rings. The predicted octanol–water partition coefficient (Wildman–Crippen LogP) is 2.74. The molecule has 7 heteroatoms. The molecule has 3 rings (SSSR count). The van der Waals surface area contributed by atoms with E-state index in [4.69, 9.17) is 0 Å². The minimum absolute atomic E-state index is 0.00438. The molecule has 0 radical (unpaired) electrons. The van der Waals surface area contributed by atoms with E-state index >= 15 is 0 Å². The number of nitrogens with zero attached hydrogens (tertiary/aromatic N) is 2. The van der Waals surface area contributed by atoms with Gasteiger partial charge >= 0.3 is 0 Å². The maximum atomic E-state index is 13.8. The van der Waals surface area contributed by atoms with Crippen LogP contribution in [0.4, 0.5) is 8.78 Å². The second-order valence-corrected chi connectivity index (χ2v) is 8.31. The Labute approximate surface area is 165 Å². The highest BCUT2D eigenvalue weighted by molar-refractivity contribution is 5.81. The van der Waals surface area contributed by atoms with Crippen molar-refractivity contribution in [1.29, 1.82) is 0 Å². The zero-order valence-electron chi connectivity index (χ0n) is 16.8. The number of alkyl halides is 2. The zero-order valence-corrected chi connectivity index (χ0v) is 16.8. The Morgan fingerprint density at radius 3 is 2.50 bits per heavy atom. The van der Waals surface area contributed by atoms with E-state index in [2.05, 4.69) is 10.2 Å². The summed E-state index contributed by atoms with van der Waals surface area (Å²) in [7, 11) is 0. The molecule has 2 atom stereocenters. The number of hydrogen-bond acceptors (Lipinski definition) is 3. The van der Waals surface area contributed by atoms with Crippen LogP contribution in [0.15, 0.2) is 23.4 Å². The number of hydrogen-bond donors (Lipinski definition) is 1. The lowest BCUT2D eigenvalue weighted by atomic mass is 9.92. The van der Waals surface area contributed by atoms with Gasteiger partial charge in [-0.1, -0.05) is 13.8 Å². The number of nitrogens with one attached hydrogen (secondary N) is 1. The Kier molecular flexibility index (Phi) is 6.86. The summed E-state index contributed by atoms with van der Waals surface area (Å²) >= 11 is 0. The maximum Gasteiger partial charge on any atom is 0.227 e. The van der Waals surface area contributed by atoms with Crippen molar-refractivity contribution in [2.24, 2.45) is 5.92 Å². The first-order valence-electron chi connectivity index (χ1n) is 10.4. The molecule has 0 bridgehead atoms. The standard InChI is InChI=1S/C21H31F2N3O2/c1-14(2)21(28)24-16-6-10-25(11-7-16)8-3-9-26-19-13-18(23)17(22)12-15(19)4-5-20(26)27/h12-14,16-18H,3-11H2,1-2H3,(H,24,28). The summed E-state index contributed by atoms with van der Waals surface area (Å²) in [5.74, 6) is 0.0983. The van der Waals surface area contributed by atoms with Gasteiger partial charge in [0.2, 0.25) is 11.8 Å². The molecule has 0 saturated carbocycles. The lowest BCUT2D eigenvalue weighted by Crippen LogP contribution is -2.46. The van der Waals surface area contributed by atoms with E-state index in [9.17, 15) is 18.4 Å². The summed E-state index contributed by atoms with van der Waals surface area (Å²) < 4.78 is 27.4. The van der Waals surface area contributed by atoms with E-state index in [-0.39, 0.29) is 23.8 Å². The normalized spacial score (nSPS) is 26.8. The molecule has 0 spiro atoms. The third kappa shape index (κ3) is 4.99. The van der Waals surface area contributed by atoms with Gasteiger partial charge in [0.05, 0.1) is 0 Å². The van der Waals surface area contributed by atoms with Gasteiger partial charge in [-0.2, -0.15) is 0 Å². The molecule has 0 aromatic carbocycles. The SMILES string of the molecule is CC(C)C(=O)NC1CCN(CCCN2C(=O)CCC3=CC(F)C(F)C=C32)CC1.